The minimum atomic E-state index is 0.0358. The third kappa shape index (κ3) is 3.42. The molecular formula is C28H23NO. The molecule has 2 heteroatoms. The number of carbonyl (C=O) groups excluding carboxylic acids is 1. The Morgan fingerprint density at radius 1 is 0.667 bits per heavy atom. The summed E-state index contributed by atoms with van der Waals surface area (Å²) in [5, 5.41) is 3.77. The van der Waals surface area contributed by atoms with Crippen molar-refractivity contribution in [3.63, 3.8) is 0 Å². The highest BCUT2D eigenvalue weighted by molar-refractivity contribution is 6.11. The van der Waals surface area contributed by atoms with E-state index in [1.54, 1.807) is 0 Å². The number of nitrogens with one attached hydrogen (secondary N) is 1. The number of carbonyl (C=O) groups is 1. The Balaban J connectivity index is 1.68. The van der Waals surface area contributed by atoms with Gasteiger partial charge in [0, 0.05) is 22.7 Å². The molecule has 0 aliphatic heterocycles. The number of rotatable bonds is 4. The second-order valence-electron chi connectivity index (χ2n) is 7.78. The predicted octanol–water partition coefficient (Wildman–Crippen LogP) is 6.41. The molecule has 2 nitrogen and oxygen atoms in total. The molecule has 0 heterocycles. The minimum absolute atomic E-state index is 0.0358. The van der Waals surface area contributed by atoms with Gasteiger partial charge in [0.25, 0.3) is 0 Å². The largest absolute Gasteiger partial charge is 0.378 e. The van der Waals surface area contributed by atoms with Crippen molar-refractivity contribution in [1.29, 1.82) is 0 Å². The summed E-state index contributed by atoms with van der Waals surface area (Å²) in [7, 11) is 0. The summed E-state index contributed by atoms with van der Waals surface area (Å²) in [6, 6.07) is 37.0. The molecule has 1 aliphatic carbocycles. The average molecular weight is 389 g/mol. The van der Waals surface area contributed by atoms with Gasteiger partial charge in [0.15, 0.2) is 5.78 Å². The second kappa shape index (κ2) is 8.00. The molecule has 0 fully saturated rings. The number of benzene rings is 4. The van der Waals surface area contributed by atoms with E-state index in [0.717, 1.165) is 34.4 Å². The first-order chi connectivity index (χ1) is 14.8. The highest BCUT2D eigenvalue weighted by Gasteiger charge is 2.32. The van der Waals surface area contributed by atoms with Crippen LogP contribution in [-0.2, 0) is 6.42 Å². The fraction of sp³-hybridized carbons (Fsp3) is 0.107. The fourth-order valence-electron chi connectivity index (χ4n) is 4.53. The zero-order chi connectivity index (χ0) is 20.3. The van der Waals surface area contributed by atoms with E-state index in [-0.39, 0.29) is 17.7 Å². The van der Waals surface area contributed by atoms with Crippen molar-refractivity contribution in [3.8, 4) is 0 Å². The lowest BCUT2D eigenvalue weighted by atomic mass is 9.82. The molecule has 2 unspecified atom stereocenters. The maximum atomic E-state index is 13.4. The standard InChI is InChI=1S/C28H23NO/c30-28-23-16-8-7-13-21(23)19-26(24-17-9-10-18-25(24)28)27(20-11-3-1-4-12-20)29-22-14-5-2-6-15-22/h1-18,26-27,29H,19H2. The van der Waals surface area contributed by atoms with Gasteiger partial charge < -0.3 is 5.32 Å². The molecule has 0 saturated heterocycles. The highest BCUT2D eigenvalue weighted by atomic mass is 16.1. The van der Waals surface area contributed by atoms with Crippen LogP contribution in [0, 0.1) is 0 Å². The lowest BCUT2D eigenvalue weighted by Crippen LogP contribution is -2.22. The van der Waals surface area contributed by atoms with Crippen molar-refractivity contribution in [2.45, 2.75) is 18.4 Å². The quantitative estimate of drug-likeness (QED) is 0.437. The lowest BCUT2D eigenvalue weighted by molar-refractivity contribution is 0.103. The van der Waals surface area contributed by atoms with Crippen LogP contribution in [0.4, 0.5) is 5.69 Å². The molecule has 146 valence electrons. The molecule has 30 heavy (non-hydrogen) atoms. The first-order valence-corrected chi connectivity index (χ1v) is 10.4. The van der Waals surface area contributed by atoms with Gasteiger partial charge in [0.05, 0.1) is 6.04 Å². The number of para-hydroxylation sites is 1. The number of anilines is 1. The highest BCUT2D eigenvalue weighted by Crippen LogP contribution is 2.41. The number of hydrogen-bond donors (Lipinski definition) is 1. The van der Waals surface area contributed by atoms with Crippen molar-refractivity contribution in [1.82, 2.24) is 0 Å². The molecule has 4 aromatic rings. The SMILES string of the molecule is O=C1c2ccccc2CC(C(Nc2ccccc2)c2ccccc2)c2ccccc21. The van der Waals surface area contributed by atoms with E-state index in [4.69, 9.17) is 0 Å². The minimum Gasteiger partial charge on any atom is -0.378 e. The maximum Gasteiger partial charge on any atom is 0.193 e. The first-order valence-electron chi connectivity index (χ1n) is 10.4. The molecule has 2 atom stereocenters. The lowest BCUT2D eigenvalue weighted by Gasteiger charge is -2.30. The third-order valence-corrected chi connectivity index (χ3v) is 5.96. The van der Waals surface area contributed by atoms with Crippen LogP contribution in [0.2, 0.25) is 0 Å². The van der Waals surface area contributed by atoms with Gasteiger partial charge in [0.2, 0.25) is 0 Å². The summed E-state index contributed by atoms with van der Waals surface area (Å²) in [4.78, 5) is 13.4. The van der Waals surface area contributed by atoms with Crippen LogP contribution in [0.15, 0.2) is 109 Å². The summed E-state index contributed by atoms with van der Waals surface area (Å²) in [5.41, 5.74) is 6.14. The zero-order valence-corrected chi connectivity index (χ0v) is 16.7. The van der Waals surface area contributed by atoms with Crippen molar-refractivity contribution in [2.24, 2.45) is 0 Å². The van der Waals surface area contributed by atoms with E-state index in [1.807, 2.05) is 60.7 Å². The van der Waals surface area contributed by atoms with E-state index in [1.165, 1.54) is 5.56 Å². The van der Waals surface area contributed by atoms with Gasteiger partial charge in [0.1, 0.15) is 0 Å². The molecule has 0 amide bonds. The smallest absolute Gasteiger partial charge is 0.193 e. The van der Waals surface area contributed by atoms with Crippen LogP contribution >= 0.6 is 0 Å². The molecule has 5 rings (SSSR count). The summed E-state index contributed by atoms with van der Waals surface area (Å²) in [6.07, 6.45) is 0.804. The van der Waals surface area contributed by atoms with E-state index >= 15 is 0 Å². The monoisotopic (exact) mass is 389 g/mol. The van der Waals surface area contributed by atoms with Crippen LogP contribution < -0.4 is 5.32 Å². The van der Waals surface area contributed by atoms with Gasteiger partial charge in [-0.3, -0.25) is 4.79 Å². The van der Waals surface area contributed by atoms with Crippen molar-refractivity contribution in [3.05, 3.63) is 137 Å². The third-order valence-electron chi connectivity index (χ3n) is 5.96. The van der Waals surface area contributed by atoms with Gasteiger partial charge in [-0.25, -0.2) is 0 Å². The molecule has 1 aliphatic rings. The molecule has 0 aromatic heterocycles. The Kier molecular flexibility index (Phi) is 4.90. The van der Waals surface area contributed by atoms with Crippen molar-refractivity contribution < 1.29 is 4.79 Å². The van der Waals surface area contributed by atoms with Crippen LogP contribution in [0.25, 0.3) is 0 Å². The number of fused-ring (bicyclic) bond motifs is 2. The Labute approximate surface area is 177 Å². The summed E-state index contributed by atoms with van der Waals surface area (Å²) < 4.78 is 0. The Morgan fingerprint density at radius 3 is 2.03 bits per heavy atom. The fourth-order valence-corrected chi connectivity index (χ4v) is 4.53. The zero-order valence-electron chi connectivity index (χ0n) is 16.7. The molecule has 0 spiro atoms. The number of hydrogen-bond acceptors (Lipinski definition) is 2. The van der Waals surface area contributed by atoms with Crippen LogP contribution in [0.5, 0.6) is 0 Å². The van der Waals surface area contributed by atoms with E-state index < -0.39 is 0 Å². The topological polar surface area (TPSA) is 29.1 Å². The Bertz CT molecular complexity index is 1170. The molecule has 0 radical (unpaired) electrons. The van der Waals surface area contributed by atoms with Crippen LogP contribution in [0.3, 0.4) is 0 Å². The first kappa shape index (κ1) is 18.4. The number of ketones is 1. The van der Waals surface area contributed by atoms with Crippen LogP contribution in [-0.4, -0.2) is 5.78 Å². The van der Waals surface area contributed by atoms with Gasteiger partial charge in [-0.1, -0.05) is 97.1 Å². The van der Waals surface area contributed by atoms with E-state index in [2.05, 4.69) is 53.8 Å². The molecular weight excluding hydrogens is 366 g/mol. The molecule has 0 bridgehead atoms. The Hall–Kier alpha value is -3.65. The molecule has 0 saturated carbocycles. The van der Waals surface area contributed by atoms with E-state index in [9.17, 15) is 4.79 Å². The van der Waals surface area contributed by atoms with Gasteiger partial charge in [-0.15, -0.1) is 0 Å². The molecule has 4 aromatic carbocycles. The van der Waals surface area contributed by atoms with Crippen molar-refractivity contribution >= 4 is 11.5 Å². The summed E-state index contributed by atoms with van der Waals surface area (Å²) in [5.74, 6) is 0.242. The van der Waals surface area contributed by atoms with Crippen molar-refractivity contribution in [2.75, 3.05) is 5.32 Å². The maximum absolute atomic E-state index is 13.4. The predicted molar refractivity (Wildman–Crippen MR) is 122 cm³/mol. The van der Waals surface area contributed by atoms with Gasteiger partial charge in [-0.05, 0) is 35.2 Å². The Morgan fingerprint density at radius 2 is 1.27 bits per heavy atom. The van der Waals surface area contributed by atoms with Gasteiger partial charge >= 0.3 is 0 Å². The normalized spacial score (nSPS) is 16.1. The average Bonchev–Trinajstić information content (AvgIpc) is 2.94. The second-order valence-corrected chi connectivity index (χ2v) is 7.78. The van der Waals surface area contributed by atoms with E-state index in [0.29, 0.717) is 0 Å². The van der Waals surface area contributed by atoms with Gasteiger partial charge in [-0.2, -0.15) is 0 Å². The molecule has 1 N–H and O–H groups in total. The summed E-state index contributed by atoms with van der Waals surface area (Å²) >= 11 is 0. The van der Waals surface area contributed by atoms with Crippen LogP contribution in [0.1, 0.15) is 44.6 Å². The summed E-state index contributed by atoms with van der Waals surface area (Å²) in [6.45, 7) is 0.